The standard InChI is InChI=1S/C24H18F2N4O5S/c1-30-20-11-27-18-5-3-13(7-16(18)23(20)35-12-22(30)31)14-8-19(24(34-2)28-10-14)29-36(32,33)21-6-4-15(25)9-17(21)26/h3-11,29H,12H2,1-2H3. The van der Waals surface area contributed by atoms with Crippen molar-refractivity contribution in [3.8, 4) is 22.8 Å². The highest BCUT2D eigenvalue weighted by Crippen LogP contribution is 2.39. The van der Waals surface area contributed by atoms with Gasteiger partial charge in [-0.25, -0.2) is 22.2 Å². The predicted molar refractivity (Wildman–Crippen MR) is 128 cm³/mol. The summed E-state index contributed by atoms with van der Waals surface area (Å²) in [6.45, 7) is -0.108. The van der Waals surface area contributed by atoms with Crippen molar-refractivity contribution < 1.29 is 31.5 Å². The SMILES string of the molecule is COc1ncc(-c2ccc3ncc4c(c3c2)OCC(=O)N4C)cc1NS(=O)(=O)c1ccc(F)cc1F. The first-order chi connectivity index (χ1) is 17.2. The Bertz CT molecular complexity index is 1650. The average molecular weight is 512 g/mol. The second-order valence-electron chi connectivity index (χ2n) is 7.91. The molecule has 36 heavy (non-hydrogen) atoms. The molecular weight excluding hydrogens is 494 g/mol. The van der Waals surface area contributed by atoms with Crippen LogP contribution in [0.15, 0.2) is 59.8 Å². The Morgan fingerprint density at radius 3 is 2.61 bits per heavy atom. The maximum Gasteiger partial charge on any atom is 0.264 e. The van der Waals surface area contributed by atoms with Crippen molar-refractivity contribution in [2.45, 2.75) is 4.90 Å². The van der Waals surface area contributed by atoms with Crippen molar-refractivity contribution >= 4 is 38.2 Å². The number of rotatable bonds is 5. The van der Waals surface area contributed by atoms with Gasteiger partial charge in [-0.3, -0.25) is 14.5 Å². The second kappa shape index (κ2) is 8.72. The molecule has 0 radical (unpaired) electrons. The van der Waals surface area contributed by atoms with Crippen molar-refractivity contribution in [2.75, 3.05) is 30.4 Å². The highest BCUT2D eigenvalue weighted by Gasteiger charge is 2.25. The maximum atomic E-state index is 14.2. The summed E-state index contributed by atoms with van der Waals surface area (Å²) in [4.78, 5) is 21.3. The molecule has 0 saturated carbocycles. The minimum atomic E-state index is -4.43. The fourth-order valence-corrected chi connectivity index (χ4v) is 4.94. The molecule has 5 rings (SSSR count). The molecule has 184 valence electrons. The van der Waals surface area contributed by atoms with Crippen LogP contribution in [0.3, 0.4) is 0 Å². The fourth-order valence-electron chi connectivity index (χ4n) is 3.83. The van der Waals surface area contributed by atoms with Crippen LogP contribution < -0.4 is 19.1 Å². The lowest BCUT2D eigenvalue weighted by molar-refractivity contribution is -0.120. The Morgan fingerprint density at radius 2 is 1.86 bits per heavy atom. The fraction of sp³-hybridized carbons (Fsp3) is 0.125. The van der Waals surface area contributed by atoms with Gasteiger partial charge in [-0.1, -0.05) is 6.07 Å². The highest BCUT2D eigenvalue weighted by molar-refractivity contribution is 7.92. The number of benzene rings is 2. The Labute approximate surface area is 204 Å². The summed E-state index contributed by atoms with van der Waals surface area (Å²) in [7, 11) is -1.49. The van der Waals surface area contributed by atoms with E-state index < -0.39 is 26.6 Å². The number of hydrogen-bond acceptors (Lipinski definition) is 7. The number of carbonyl (C=O) groups is 1. The summed E-state index contributed by atoms with van der Waals surface area (Å²) in [6, 6.07) is 8.95. The molecule has 0 atom stereocenters. The Balaban J connectivity index is 1.57. The number of nitrogens with one attached hydrogen (secondary N) is 1. The van der Waals surface area contributed by atoms with Gasteiger partial charge in [0.2, 0.25) is 5.88 Å². The van der Waals surface area contributed by atoms with Crippen molar-refractivity contribution in [3.05, 3.63) is 66.5 Å². The predicted octanol–water partition coefficient (Wildman–Crippen LogP) is 3.74. The topological polar surface area (TPSA) is 111 Å². The minimum absolute atomic E-state index is 0.0476. The molecule has 0 spiro atoms. The van der Waals surface area contributed by atoms with Gasteiger partial charge in [0, 0.05) is 30.3 Å². The first kappa shape index (κ1) is 23.4. The van der Waals surface area contributed by atoms with Gasteiger partial charge in [0.05, 0.1) is 18.8 Å². The van der Waals surface area contributed by atoms with Crippen LogP contribution in [0.4, 0.5) is 20.2 Å². The summed E-state index contributed by atoms with van der Waals surface area (Å²) >= 11 is 0. The van der Waals surface area contributed by atoms with Crippen molar-refractivity contribution in [3.63, 3.8) is 0 Å². The molecule has 0 saturated heterocycles. The number of carbonyl (C=O) groups excluding carboxylic acids is 1. The molecule has 0 aliphatic carbocycles. The van der Waals surface area contributed by atoms with E-state index in [2.05, 4.69) is 14.7 Å². The van der Waals surface area contributed by atoms with Gasteiger partial charge in [-0.15, -0.1) is 0 Å². The van der Waals surface area contributed by atoms with E-state index in [0.29, 0.717) is 39.5 Å². The van der Waals surface area contributed by atoms with Crippen LogP contribution in [-0.4, -0.2) is 45.1 Å². The maximum absolute atomic E-state index is 14.2. The summed E-state index contributed by atoms with van der Waals surface area (Å²) in [5, 5.41) is 0.649. The van der Waals surface area contributed by atoms with Crippen LogP contribution in [0.2, 0.25) is 0 Å². The normalized spacial score (nSPS) is 13.3. The van der Waals surface area contributed by atoms with Crippen molar-refractivity contribution in [1.29, 1.82) is 0 Å². The van der Waals surface area contributed by atoms with Gasteiger partial charge in [-0.05, 0) is 35.9 Å². The van der Waals surface area contributed by atoms with Crippen molar-refractivity contribution in [1.82, 2.24) is 9.97 Å². The van der Waals surface area contributed by atoms with Gasteiger partial charge < -0.3 is 14.4 Å². The molecule has 0 bridgehead atoms. The molecule has 1 amide bonds. The van der Waals surface area contributed by atoms with Gasteiger partial charge in [-0.2, -0.15) is 0 Å². The molecule has 1 N–H and O–H groups in total. The Kier molecular flexibility index (Phi) is 5.67. The Morgan fingerprint density at radius 1 is 1.06 bits per heavy atom. The van der Waals surface area contributed by atoms with Gasteiger partial charge in [0.15, 0.2) is 12.4 Å². The Hall–Kier alpha value is -4.32. The van der Waals surface area contributed by atoms with Crippen LogP contribution >= 0.6 is 0 Å². The minimum Gasteiger partial charge on any atom is -0.481 e. The summed E-state index contributed by atoms with van der Waals surface area (Å²) in [5.74, 6) is -1.89. The van der Waals surface area contributed by atoms with E-state index in [9.17, 15) is 22.0 Å². The summed E-state index contributed by atoms with van der Waals surface area (Å²) < 4.78 is 66.2. The second-order valence-corrected chi connectivity index (χ2v) is 9.56. The molecule has 0 unspecified atom stereocenters. The molecular formula is C24H18F2N4O5S. The highest BCUT2D eigenvalue weighted by atomic mass is 32.2. The quantitative estimate of drug-likeness (QED) is 0.434. The number of hydrogen-bond donors (Lipinski definition) is 1. The van der Waals surface area contributed by atoms with Gasteiger partial charge >= 0.3 is 0 Å². The third-order valence-corrected chi connectivity index (χ3v) is 7.08. The summed E-state index contributed by atoms with van der Waals surface area (Å²) in [6.07, 6.45) is 3.04. The van der Waals surface area contributed by atoms with E-state index >= 15 is 0 Å². The molecule has 4 aromatic rings. The number of nitrogens with zero attached hydrogens (tertiary/aromatic N) is 3. The van der Waals surface area contributed by atoms with Gasteiger partial charge in [0.1, 0.15) is 27.9 Å². The molecule has 0 fully saturated rings. The monoisotopic (exact) mass is 512 g/mol. The number of methoxy groups -OCH3 is 1. The first-order valence-corrected chi connectivity index (χ1v) is 12.0. The van der Waals surface area contributed by atoms with Crippen LogP contribution in [0.1, 0.15) is 0 Å². The van der Waals surface area contributed by atoms with Gasteiger partial charge in [0.25, 0.3) is 15.9 Å². The van der Waals surface area contributed by atoms with E-state index in [4.69, 9.17) is 9.47 Å². The first-order valence-electron chi connectivity index (χ1n) is 10.5. The van der Waals surface area contributed by atoms with E-state index in [1.807, 2.05) is 0 Å². The number of anilines is 2. The lowest BCUT2D eigenvalue weighted by Crippen LogP contribution is -2.35. The lowest BCUT2D eigenvalue weighted by atomic mass is 10.0. The van der Waals surface area contributed by atoms with E-state index in [1.54, 1.807) is 31.4 Å². The van der Waals surface area contributed by atoms with E-state index in [0.717, 1.165) is 12.1 Å². The van der Waals surface area contributed by atoms with Crippen LogP contribution in [-0.2, 0) is 14.8 Å². The lowest BCUT2D eigenvalue weighted by Gasteiger charge is -2.26. The largest absolute Gasteiger partial charge is 0.481 e. The van der Waals surface area contributed by atoms with Crippen molar-refractivity contribution in [2.24, 2.45) is 0 Å². The molecule has 9 nitrogen and oxygen atoms in total. The number of ether oxygens (including phenoxy) is 2. The van der Waals surface area contributed by atoms with Crippen LogP contribution in [0.25, 0.3) is 22.0 Å². The number of amides is 1. The van der Waals surface area contributed by atoms with E-state index in [-0.39, 0.29) is 24.1 Å². The zero-order valence-electron chi connectivity index (χ0n) is 19.0. The van der Waals surface area contributed by atoms with Crippen LogP contribution in [0.5, 0.6) is 11.6 Å². The molecule has 1 aliphatic rings. The molecule has 3 heterocycles. The third kappa shape index (κ3) is 4.05. The molecule has 2 aromatic carbocycles. The number of fused-ring (bicyclic) bond motifs is 3. The number of aromatic nitrogens is 2. The number of pyridine rings is 2. The van der Waals surface area contributed by atoms with Crippen LogP contribution in [0, 0.1) is 11.6 Å². The summed E-state index contributed by atoms with van der Waals surface area (Å²) in [5.41, 5.74) is 2.26. The number of likely N-dealkylation sites (N-methyl/N-ethyl adjacent to an activating group) is 1. The zero-order valence-corrected chi connectivity index (χ0v) is 19.8. The number of halogens is 2. The zero-order chi connectivity index (χ0) is 25.6. The molecule has 2 aromatic heterocycles. The average Bonchev–Trinajstić information content (AvgIpc) is 2.85. The molecule has 1 aliphatic heterocycles. The van der Waals surface area contributed by atoms with E-state index in [1.165, 1.54) is 24.3 Å². The smallest absolute Gasteiger partial charge is 0.264 e. The number of sulfonamides is 1. The molecule has 12 heteroatoms. The third-order valence-electron chi connectivity index (χ3n) is 5.68.